The summed E-state index contributed by atoms with van der Waals surface area (Å²) in [5.74, 6) is 0. The van der Waals surface area contributed by atoms with Crippen molar-refractivity contribution in [1.29, 1.82) is 0 Å². The number of fused-ring (bicyclic) bond motifs is 1. The minimum absolute atomic E-state index is 0.765. The Morgan fingerprint density at radius 3 is 2.82 bits per heavy atom. The fourth-order valence-electron chi connectivity index (χ4n) is 1.45. The molecular formula is C10H7N5OS. The second-order valence-electron chi connectivity index (χ2n) is 3.33. The molecule has 0 atom stereocenters. The van der Waals surface area contributed by atoms with Crippen molar-refractivity contribution in [2.45, 2.75) is 0 Å². The van der Waals surface area contributed by atoms with Gasteiger partial charge in [0.05, 0.1) is 6.21 Å². The Morgan fingerprint density at radius 2 is 2.12 bits per heavy atom. The van der Waals surface area contributed by atoms with E-state index in [4.69, 9.17) is 5.21 Å². The van der Waals surface area contributed by atoms with E-state index in [1.807, 2.05) is 24.3 Å². The molecule has 3 aromatic rings. The Bertz CT molecular complexity index is 641. The molecule has 0 spiro atoms. The molecule has 0 saturated heterocycles. The molecule has 0 saturated carbocycles. The molecule has 0 unspecified atom stereocenters. The monoisotopic (exact) mass is 245 g/mol. The average molecular weight is 245 g/mol. The van der Waals surface area contributed by atoms with Gasteiger partial charge in [-0.05, 0) is 5.56 Å². The SMILES string of the molecule is O/N=C/c1ccc(-c2nn3cnnc3s2)cc1. The summed E-state index contributed by atoms with van der Waals surface area (Å²) < 4.78 is 1.64. The van der Waals surface area contributed by atoms with Crippen LogP contribution in [0.2, 0.25) is 0 Å². The smallest absolute Gasteiger partial charge is 0.234 e. The summed E-state index contributed by atoms with van der Waals surface area (Å²) in [4.78, 5) is 0.765. The van der Waals surface area contributed by atoms with Gasteiger partial charge >= 0.3 is 0 Å². The molecule has 6 nitrogen and oxygen atoms in total. The van der Waals surface area contributed by atoms with E-state index in [-0.39, 0.29) is 0 Å². The number of hydrogen-bond donors (Lipinski definition) is 1. The van der Waals surface area contributed by atoms with E-state index < -0.39 is 0 Å². The number of nitrogens with zero attached hydrogens (tertiary/aromatic N) is 5. The highest BCUT2D eigenvalue weighted by Crippen LogP contribution is 2.24. The van der Waals surface area contributed by atoms with Gasteiger partial charge in [0.25, 0.3) is 0 Å². The molecule has 1 N–H and O–H groups in total. The van der Waals surface area contributed by atoms with Crippen LogP contribution in [0.4, 0.5) is 0 Å². The Kier molecular flexibility index (Phi) is 2.30. The van der Waals surface area contributed by atoms with Crippen LogP contribution in [0.15, 0.2) is 35.7 Å². The maximum atomic E-state index is 8.41. The van der Waals surface area contributed by atoms with Crippen molar-refractivity contribution in [3.8, 4) is 10.6 Å². The van der Waals surface area contributed by atoms with E-state index in [0.717, 1.165) is 21.1 Å². The van der Waals surface area contributed by atoms with E-state index in [0.29, 0.717) is 0 Å². The fraction of sp³-hybridized carbons (Fsp3) is 0. The first-order chi connectivity index (χ1) is 8.36. The van der Waals surface area contributed by atoms with Gasteiger partial charge in [0.1, 0.15) is 11.3 Å². The molecule has 2 heterocycles. The van der Waals surface area contributed by atoms with Crippen molar-refractivity contribution in [3.63, 3.8) is 0 Å². The molecule has 84 valence electrons. The Labute approximate surface area is 99.9 Å². The summed E-state index contributed by atoms with van der Waals surface area (Å²) in [6, 6.07) is 7.56. The third-order valence-electron chi connectivity index (χ3n) is 2.25. The lowest BCUT2D eigenvalue weighted by Gasteiger charge is -1.95. The number of rotatable bonds is 2. The van der Waals surface area contributed by atoms with Crippen LogP contribution >= 0.6 is 11.3 Å². The number of hydrogen-bond acceptors (Lipinski definition) is 6. The summed E-state index contributed by atoms with van der Waals surface area (Å²) in [6.07, 6.45) is 2.95. The molecule has 0 aliphatic rings. The minimum Gasteiger partial charge on any atom is -0.411 e. The van der Waals surface area contributed by atoms with Crippen LogP contribution in [0.1, 0.15) is 5.56 Å². The lowest BCUT2D eigenvalue weighted by Crippen LogP contribution is -1.84. The van der Waals surface area contributed by atoms with Crippen molar-refractivity contribution >= 4 is 22.5 Å². The van der Waals surface area contributed by atoms with Crippen molar-refractivity contribution in [1.82, 2.24) is 19.8 Å². The lowest BCUT2D eigenvalue weighted by atomic mass is 10.1. The summed E-state index contributed by atoms with van der Waals surface area (Å²) in [5.41, 5.74) is 1.83. The number of aromatic nitrogens is 4. The lowest BCUT2D eigenvalue weighted by molar-refractivity contribution is 0.322. The maximum Gasteiger partial charge on any atom is 0.234 e. The van der Waals surface area contributed by atoms with Gasteiger partial charge in [0.15, 0.2) is 0 Å². The zero-order valence-corrected chi connectivity index (χ0v) is 9.37. The predicted molar refractivity (Wildman–Crippen MR) is 63.5 cm³/mol. The van der Waals surface area contributed by atoms with E-state index in [2.05, 4.69) is 20.5 Å². The standard InChI is InChI=1S/C10H7N5OS/c16-12-5-7-1-3-8(4-2-7)9-14-15-6-11-13-10(15)17-9/h1-6,16H/b12-5+. The summed E-state index contributed by atoms with van der Waals surface area (Å²) in [6.45, 7) is 0. The second-order valence-corrected chi connectivity index (χ2v) is 4.29. The van der Waals surface area contributed by atoms with Crippen LogP contribution in [0.5, 0.6) is 0 Å². The maximum absolute atomic E-state index is 8.41. The Balaban J connectivity index is 2.00. The van der Waals surface area contributed by atoms with Gasteiger partial charge < -0.3 is 5.21 Å². The van der Waals surface area contributed by atoms with Gasteiger partial charge in [0, 0.05) is 5.56 Å². The number of benzene rings is 1. The minimum atomic E-state index is 0.765. The van der Waals surface area contributed by atoms with Crippen LogP contribution in [-0.4, -0.2) is 31.2 Å². The summed E-state index contributed by atoms with van der Waals surface area (Å²) >= 11 is 1.47. The summed E-state index contributed by atoms with van der Waals surface area (Å²) in [7, 11) is 0. The molecule has 0 aliphatic carbocycles. The highest BCUT2D eigenvalue weighted by molar-refractivity contribution is 7.19. The molecule has 0 fully saturated rings. The molecule has 2 aromatic heterocycles. The largest absolute Gasteiger partial charge is 0.411 e. The predicted octanol–water partition coefficient (Wildman–Crippen LogP) is 1.66. The molecule has 17 heavy (non-hydrogen) atoms. The van der Waals surface area contributed by atoms with Crippen molar-refractivity contribution in [2.24, 2.45) is 5.16 Å². The Hall–Kier alpha value is -2.28. The van der Waals surface area contributed by atoms with E-state index in [1.54, 1.807) is 10.8 Å². The first-order valence-corrected chi connectivity index (χ1v) is 5.63. The van der Waals surface area contributed by atoms with Gasteiger partial charge in [-0.3, -0.25) is 0 Å². The van der Waals surface area contributed by atoms with Crippen LogP contribution in [0.25, 0.3) is 15.5 Å². The molecule has 0 bridgehead atoms. The van der Waals surface area contributed by atoms with Gasteiger partial charge in [0.2, 0.25) is 4.96 Å². The second kappa shape index (κ2) is 3.95. The molecule has 3 rings (SSSR count). The van der Waals surface area contributed by atoms with Crippen LogP contribution in [-0.2, 0) is 0 Å². The first-order valence-electron chi connectivity index (χ1n) is 4.81. The molecule has 0 radical (unpaired) electrons. The quantitative estimate of drug-likeness (QED) is 0.423. The van der Waals surface area contributed by atoms with Gasteiger partial charge in [-0.1, -0.05) is 40.8 Å². The zero-order chi connectivity index (χ0) is 11.7. The van der Waals surface area contributed by atoms with Gasteiger partial charge in [-0.2, -0.15) is 9.61 Å². The molecule has 1 aromatic carbocycles. The first kappa shape index (κ1) is 9.91. The normalized spacial score (nSPS) is 11.5. The Morgan fingerprint density at radius 1 is 1.29 bits per heavy atom. The van der Waals surface area contributed by atoms with E-state index >= 15 is 0 Å². The molecular weight excluding hydrogens is 238 g/mol. The van der Waals surface area contributed by atoms with E-state index in [1.165, 1.54) is 17.6 Å². The summed E-state index contributed by atoms with van der Waals surface area (Å²) in [5, 5.41) is 24.3. The van der Waals surface area contributed by atoms with Crippen LogP contribution < -0.4 is 0 Å². The van der Waals surface area contributed by atoms with Crippen molar-refractivity contribution < 1.29 is 5.21 Å². The zero-order valence-electron chi connectivity index (χ0n) is 8.56. The van der Waals surface area contributed by atoms with Crippen molar-refractivity contribution in [2.75, 3.05) is 0 Å². The van der Waals surface area contributed by atoms with Crippen LogP contribution in [0, 0.1) is 0 Å². The van der Waals surface area contributed by atoms with Gasteiger partial charge in [-0.15, -0.1) is 10.2 Å². The third-order valence-corrected chi connectivity index (χ3v) is 3.21. The van der Waals surface area contributed by atoms with Gasteiger partial charge in [-0.25, -0.2) is 0 Å². The number of oxime groups is 1. The topological polar surface area (TPSA) is 75.7 Å². The third kappa shape index (κ3) is 1.76. The van der Waals surface area contributed by atoms with E-state index in [9.17, 15) is 0 Å². The fourth-order valence-corrected chi connectivity index (χ4v) is 2.28. The average Bonchev–Trinajstić information content (AvgIpc) is 2.90. The highest BCUT2D eigenvalue weighted by Gasteiger charge is 2.06. The highest BCUT2D eigenvalue weighted by atomic mass is 32.1. The molecule has 0 aliphatic heterocycles. The molecule has 0 amide bonds. The molecule has 7 heteroatoms. The van der Waals surface area contributed by atoms with Crippen LogP contribution in [0.3, 0.4) is 0 Å². The van der Waals surface area contributed by atoms with Crippen molar-refractivity contribution in [3.05, 3.63) is 36.2 Å².